The van der Waals surface area contributed by atoms with E-state index in [-0.39, 0.29) is 30.3 Å². The maximum atomic E-state index is 13.0. The topological polar surface area (TPSA) is 61.4 Å². The molecule has 1 aromatic carbocycles. The summed E-state index contributed by atoms with van der Waals surface area (Å²) >= 11 is 0. The smallest absolute Gasteiger partial charge is 0.247 e. The van der Waals surface area contributed by atoms with Crippen molar-refractivity contribution in [1.82, 2.24) is 15.5 Å². The lowest BCUT2D eigenvalue weighted by Crippen LogP contribution is -2.51. The highest BCUT2D eigenvalue weighted by Crippen LogP contribution is 2.26. The fourth-order valence-electron chi connectivity index (χ4n) is 3.75. The zero-order valence-corrected chi connectivity index (χ0v) is 15.6. The van der Waals surface area contributed by atoms with Crippen molar-refractivity contribution >= 4 is 24.2 Å². The summed E-state index contributed by atoms with van der Waals surface area (Å²) in [5, 5.41) is 6.59. The average molecular weight is 366 g/mol. The largest absolute Gasteiger partial charge is 0.351 e. The van der Waals surface area contributed by atoms with Crippen LogP contribution in [-0.4, -0.2) is 41.9 Å². The molecule has 0 saturated carbocycles. The molecule has 3 atom stereocenters. The molecule has 0 aliphatic carbocycles. The van der Waals surface area contributed by atoms with Crippen LogP contribution >= 0.6 is 12.4 Å². The van der Waals surface area contributed by atoms with Crippen molar-refractivity contribution in [3.05, 3.63) is 35.9 Å². The Morgan fingerprint density at radius 3 is 2.72 bits per heavy atom. The molecule has 2 fully saturated rings. The minimum atomic E-state index is -0.510. The van der Waals surface area contributed by atoms with E-state index in [0.29, 0.717) is 19.0 Å². The van der Waals surface area contributed by atoms with Gasteiger partial charge >= 0.3 is 0 Å². The van der Waals surface area contributed by atoms with E-state index in [1.54, 1.807) is 4.90 Å². The third kappa shape index (κ3) is 4.95. The number of nitrogens with zero attached hydrogens (tertiary/aromatic N) is 1. The maximum absolute atomic E-state index is 13.0. The minimum absolute atomic E-state index is 0. The number of nitrogens with one attached hydrogen (secondary N) is 2. The predicted molar refractivity (Wildman–Crippen MR) is 101 cm³/mol. The molecule has 0 spiro atoms. The first kappa shape index (κ1) is 19.7. The van der Waals surface area contributed by atoms with Gasteiger partial charge in [-0.05, 0) is 44.7 Å². The van der Waals surface area contributed by atoms with Gasteiger partial charge in [-0.3, -0.25) is 9.59 Å². The number of carbonyl (C=O) groups is 2. The van der Waals surface area contributed by atoms with Crippen LogP contribution in [0.1, 0.15) is 50.6 Å². The quantitative estimate of drug-likeness (QED) is 0.861. The Morgan fingerprint density at radius 1 is 1.28 bits per heavy atom. The number of likely N-dealkylation sites (tertiary alicyclic amines) is 1. The van der Waals surface area contributed by atoms with Crippen LogP contribution in [0.3, 0.4) is 0 Å². The third-order valence-corrected chi connectivity index (χ3v) is 5.01. The van der Waals surface area contributed by atoms with Crippen molar-refractivity contribution in [3.8, 4) is 0 Å². The lowest BCUT2D eigenvalue weighted by molar-refractivity contribution is -0.143. The highest BCUT2D eigenvalue weighted by Gasteiger charge is 2.34. The van der Waals surface area contributed by atoms with Crippen LogP contribution in [0.15, 0.2) is 30.3 Å². The molecule has 2 aliphatic heterocycles. The zero-order valence-electron chi connectivity index (χ0n) is 14.7. The van der Waals surface area contributed by atoms with Gasteiger partial charge in [0.05, 0.1) is 0 Å². The van der Waals surface area contributed by atoms with Crippen molar-refractivity contribution in [2.75, 3.05) is 13.1 Å². The van der Waals surface area contributed by atoms with E-state index in [1.807, 2.05) is 30.3 Å². The summed E-state index contributed by atoms with van der Waals surface area (Å²) in [7, 11) is 0. The standard InChI is InChI=1S/C19H27N3O2.ClH/c1-14-13-16(10-11-20-14)21-19(24)18(15-7-3-2-4-8-15)22-12-6-5-9-17(22)23;/h2-4,7-8,14,16,18,20H,5-6,9-13H2,1H3,(H,21,24);1H. The zero-order chi connectivity index (χ0) is 16.9. The van der Waals surface area contributed by atoms with Crippen molar-refractivity contribution < 1.29 is 9.59 Å². The molecule has 2 saturated heterocycles. The van der Waals surface area contributed by atoms with Gasteiger partial charge in [-0.1, -0.05) is 30.3 Å². The summed E-state index contributed by atoms with van der Waals surface area (Å²) < 4.78 is 0. The summed E-state index contributed by atoms with van der Waals surface area (Å²) in [5.74, 6) is 0.0412. The van der Waals surface area contributed by atoms with Gasteiger partial charge in [-0.15, -0.1) is 12.4 Å². The molecule has 138 valence electrons. The molecule has 2 aliphatic rings. The number of rotatable bonds is 4. The number of hydrogen-bond acceptors (Lipinski definition) is 3. The van der Waals surface area contributed by atoms with E-state index in [9.17, 15) is 9.59 Å². The van der Waals surface area contributed by atoms with E-state index < -0.39 is 6.04 Å². The number of hydrogen-bond donors (Lipinski definition) is 2. The van der Waals surface area contributed by atoms with E-state index in [2.05, 4.69) is 17.6 Å². The van der Waals surface area contributed by atoms with Crippen molar-refractivity contribution in [2.45, 2.75) is 57.2 Å². The van der Waals surface area contributed by atoms with E-state index in [0.717, 1.165) is 37.8 Å². The van der Waals surface area contributed by atoms with Crippen LogP contribution in [0.2, 0.25) is 0 Å². The van der Waals surface area contributed by atoms with Crippen molar-refractivity contribution in [2.24, 2.45) is 0 Å². The van der Waals surface area contributed by atoms with Crippen LogP contribution in [-0.2, 0) is 9.59 Å². The summed E-state index contributed by atoms with van der Waals surface area (Å²) in [4.78, 5) is 27.2. The minimum Gasteiger partial charge on any atom is -0.351 e. The van der Waals surface area contributed by atoms with Crippen molar-refractivity contribution in [1.29, 1.82) is 0 Å². The second-order valence-corrected chi connectivity index (χ2v) is 6.94. The SMILES string of the molecule is CC1CC(NC(=O)C(c2ccccc2)N2CCCCC2=O)CCN1.Cl. The highest BCUT2D eigenvalue weighted by atomic mass is 35.5. The number of benzene rings is 1. The van der Waals surface area contributed by atoms with Gasteiger partial charge in [-0.25, -0.2) is 0 Å². The first-order valence-electron chi connectivity index (χ1n) is 9.03. The lowest BCUT2D eigenvalue weighted by Gasteiger charge is -2.36. The fraction of sp³-hybridized carbons (Fsp3) is 0.579. The Hall–Kier alpha value is -1.59. The van der Waals surface area contributed by atoms with Gasteiger partial charge in [0, 0.05) is 25.0 Å². The Bertz CT molecular complexity index is 581. The van der Waals surface area contributed by atoms with Crippen LogP contribution in [0.5, 0.6) is 0 Å². The van der Waals surface area contributed by atoms with Gasteiger partial charge in [0.15, 0.2) is 0 Å². The molecule has 3 unspecified atom stereocenters. The summed E-state index contributed by atoms with van der Waals surface area (Å²) in [6.45, 7) is 3.72. The molecule has 25 heavy (non-hydrogen) atoms. The van der Waals surface area contributed by atoms with Crippen LogP contribution in [0, 0.1) is 0 Å². The summed E-state index contributed by atoms with van der Waals surface area (Å²) in [6, 6.07) is 9.76. The normalized spacial score (nSPS) is 25.0. The molecule has 0 bridgehead atoms. The number of amides is 2. The van der Waals surface area contributed by atoms with Gasteiger partial charge in [0.1, 0.15) is 6.04 Å². The van der Waals surface area contributed by atoms with Crippen LogP contribution < -0.4 is 10.6 Å². The molecule has 2 amide bonds. The van der Waals surface area contributed by atoms with Gasteiger partial charge in [0.2, 0.25) is 11.8 Å². The molecule has 3 rings (SSSR count). The van der Waals surface area contributed by atoms with Crippen LogP contribution in [0.4, 0.5) is 0 Å². The molecule has 2 N–H and O–H groups in total. The maximum Gasteiger partial charge on any atom is 0.247 e. The number of halogens is 1. The molecule has 1 aromatic rings. The predicted octanol–water partition coefficient (Wildman–Crippen LogP) is 2.42. The number of carbonyl (C=O) groups excluding carboxylic acids is 2. The molecule has 6 heteroatoms. The molecule has 0 aromatic heterocycles. The Balaban J connectivity index is 0.00000225. The Labute approximate surface area is 155 Å². The highest BCUT2D eigenvalue weighted by molar-refractivity contribution is 5.89. The first-order chi connectivity index (χ1) is 11.6. The summed E-state index contributed by atoms with van der Waals surface area (Å²) in [6.07, 6.45) is 4.30. The second-order valence-electron chi connectivity index (χ2n) is 6.94. The Kier molecular flexibility index (Phi) is 7.26. The van der Waals surface area contributed by atoms with E-state index in [1.165, 1.54) is 0 Å². The van der Waals surface area contributed by atoms with Gasteiger partial charge < -0.3 is 15.5 Å². The van der Waals surface area contributed by atoms with Gasteiger partial charge in [0.25, 0.3) is 0 Å². The van der Waals surface area contributed by atoms with Crippen LogP contribution in [0.25, 0.3) is 0 Å². The second kappa shape index (κ2) is 9.20. The molecular formula is C19H28ClN3O2. The molecule has 0 radical (unpaired) electrons. The number of piperidine rings is 2. The van der Waals surface area contributed by atoms with E-state index >= 15 is 0 Å². The molecule has 5 nitrogen and oxygen atoms in total. The lowest BCUT2D eigenvalue weighted by atomic mass is 9.97. The third-order valence-electron chi connectivity index (χ3n) is 5.01. The van der Waals surface area contributed by atoms with Gasteiger partial charge in [-0.2, -0.15) is 0 Å². The van der Waals surface area contributed by atoms with Crippen molar-refractivity contribution in [3.63, 3.8) is 0 Å². The Morgan fingerprint density at radius 2 is 2.04 bits per heavy atom. The molecular weight excluding hydrogens is 338 g/mol. The monoisotopic (exact) mass is 365 g/mol. The first-order valence-corrected chi connectivity index (χ1v) is 9.03. The fourth-order valence-corrected chi connectivity index (χ4v) is 3.75. The average Bonchev–Trinajstić information content (AvgIpc) is 2.58. The molecule has 2 heterocycles. The summed E-state index contributed by atoms with van der Waals surface area (Å²) in [5.41, 5.74) is 0.896. The van der Waals surface area contributed by atoms with E-state index in [4.69, 9.17) is 0 Å².